The number of benzene rings is 1. The Bertz CT molecular complexity index is 1040. The quantitative estimate of drug-likeness (QED) is 0.648. The summed E-state index contributed by atoms with van der Waals surface area (Å²) in [6.45, 7) is 0. The third-order valence-electron chi connectivity index (χ3n) is 3.53. The number of ether oxygens (including phenoxy) is 1. The van der Waals surface area contributed by atoms with Crippen molar-refractivity contribution in [1.82, 2.24) is 4.98 Å². The molecular weight excluding hydrogens is 360 g/mol. The van der Waals surface area contributed by atoms with E-state index in [2.05, 4.69) is 10.3 Å². The molecule has 0 radical (unpaired) electrons. The molecule has 0 spiro atoms. The van der Waals surface area contributed by atoms with Crippen molar-refractivity contribution in [2.24, 2.45) is 0 Å². The van der Waals surface area contributed by atoms with Crippen LogP contribution in [0.15, 0.2) is 38.9 Å². The Morgan fingerprint density at radius 1 is 1.35 bits per heavy atom. The zero-order valence-corrected chi connectivity index (χ0v) is 14.4. The molecule has 2 heterocycles. The number of carboxylic acid groups (broad SMARTS) is 1. The molecule has 8 nitrogen and oxygen atoms in total. The zero-order valence-electron chi connectivity index (χ0n) is 13.6. The van der Waals surface area contributed by atoms with Crippen molar-refractivity contribution >= 4 is 39.3 Å². The van der Waals surface area contributed by atoms with E-state index in [0.29, 0.717) is 22.4 Å². The molecule has 0 atom stereocenters. The number of carboxylic acids is 1. The molecule has 134 valence electrons. The van der Waals surface area contributed by atoms with E-state index < -0.39 is 17.5 Å². The van der Waals surface area contributed by atoms with Gasteiger partial charge in [-0.3, -0.25) is 4.79 Å². The molecule has 0 unspecified atom stereocenters. The zero-order chi connectivity index (χ0) is 18.7. The first-order valence-electron chi connectivity index (χ1n) is 7.54. The second-order valence-corrected chi connectivity index (χ2v) is 6.14. The number of methoxy groups -OCH3 is 1. The molecule has 0 saturated carbocycles. The molecule has 0 aliphatic heterocycles. The van der Waals surface area contributed by atoms with Gasteiger partial charge in [0.25, 0.3) is 0 Å². The molecule has 0 fully saturated rings. The number of hydrogen-bond acceptors (Lipinski definition) is 8. The lowest BCUT2D eigenvalue weighted by Gasteiger charge is -2.04. The van der Waals surface area contributed by atoms with Gasteiger partial charge in [0, 0.05) is 23.2 Å². The summed E-state index contributed by atoms with van der Waals surface area (Å²) in [6, 6.07) is 6.88. The molecule has 1 aromatic carbocycles. The summed E-state index contributed by atoms with van der Waals surface area (Å²) >= 11 is 1.12. The number of rotatable bonds is 6. The molecule has 2 aromatic heterocycles. The van der Waals surface area contributed by atoms with Crippen molar-refractivity contribution in [2.75, 3.05) is 12.4 Å². The lowest BCUT2D eigenvalue weighted by molar-refractivity contribution is -0.305. The van der Waals surface area contributed by atoms with Gasteiger partial charge in [0.1, 0.15) is 0 Å². The van der Waals surface area contributed by atoms with Crippen LogP contribution >= 0.6 is 11.3 Å². The number of anilines is 1. The highest BCUT2D eigenvalue weighted by molar-refractivity contribution is 7.14. The first-order chi connectivity index (χ1) is 12.5. The van der Waals surface area contributed by atoms with Gasteiger partial charge in [0.2, 0.25) is 5.91 Å². The van der Waals surface area contributed by atoms with Crippen LogP contribution in [0.3, 0.4) is 0 Å². The van der Waals surface area contributed by atoms with Gasteiger partial charge in [-0.05, 0) is 18.6 Å². The van der Waals surface area contributed by atoms with Gasteiger partial charge in [-0.15, -0.1) is 11.3 Å². The van der Waals surface area contributed by atoms with Crippen LogP contribution in [-0.2, 0) is 9.59 Å². The highest BCUT2D eigenvalue weighted by Crippen LogP contribution is 2.29. The number of hydrogen-bond donors (Lipinski definition) is 1. The number of nitrogens with zero attached hydrogens (tertiary/aromatic N) is 1. The average Bonchev–Trinajstić information content (AvgIpc) is 3.07. The smallest absolute Gasteiger partial charge is 0.345 e. The fourth-order valence-electron chi connectivity index (χ4n) is 2.31. The van der Waals surface area contributed by atoms with Gasteiger partial charge in [0.15, 0.2) is 16.5 Å². The van der Waals surface area contributed by atoms with Gasteiger partial charge in [-0.1, -0.05) is 12.1 Å². The van der Waals surface area contributed by atoms with Crippen molar-refractivity contribution in [1.29, 1.82) is 0 Å². The fourth-order valence-corrected chi connectivity index (χ4v) is 3.04. The van der Waals surface area contributed by atoms with Crippen molar-refractivity contribution in [3.8, 4) is 17.0 Å². The number of para-hydroxylation sites is 1. The van der Waals surface area contributed by atoms with E-state index in [9.17, 15) is 19.5 Å². The van der Waals surface area contributed by atoms with Crippen LogP contribution in [0.4, 0.5) is 5.13 Å². The molecule has 3 rings (SSSR count). The summed E-state index contributed by atoms with van der Waals surface area (Å²) in [5.41, 5.74) is 0.359. The second kappa shape index (κ2) is 7.36. The van der Waals surface area contributed by atoms with E-state index in [1.54, 1.807) is 29.6 Å². The van der Waals surface area contributed by atoms with Crippen LogP contribution in [-0.4, -0.2) is 24.0 Å². The van der Waals surface area contributed by atoms with E-state index >= 15 is 0 Å². The number of nitrogens with one attached hydrogen (secondary N) is 1. The lowest BCUT2D eigenvalue weighted by Crippen LogP contribution is -2.24. The van der Waals surface area contributed by atoms with E-state index in [1.165, 1.54) is 7.11 Å². The van der Waals surface area contributed by atoms with Crippen LogP contribution in [0.25, 0.3) is 22.2 Å². The Balaban J connectivity index is 1.87. The van der Waals surface area contributed by atoms with Crippen LogP contribution in [0.2, 0.25) is 0 Å². The summed E-state index contributed by atoms with van der Waals surface area (Å²) in [5.74, 6) is -1.35. The SMILES string of the molecule is COc1cccc2cc(-c3csc(NC(=O)CCC(=O)[O-])n3)c(=O)oc12. The van der Waals surface area contributed by atoms with Crippen LogP contribution in [0.5, 0.6) is 5.75 Å². The summed E-state index contributed by atoms with van der Waals surface area (Å²) in [6.07, 6.45) is -0.588. The molecular formula is C17H13N2O6S-. The summed E-state index contributed by atoms with van der Waals surface area (Å²) in [5, 5.41) is 15.4. The van der Waals surface area contributed by atoms with E-state index in [1.807, 2.05) is 0 Å². The first-order valence-corrected chi connectivity index (χ1v) is 8.42. The van der Waals surface area contributed by atoms with Crippen LogP contribution in [0, 0.1) is 0 Å². The van der Waals surface area contributed by atoms with Crippen molar-refractivity contribution in [2.45, 2.75) is 12.8 Å². The summed E-state index contributed by atoms with van der Waals surface area (Å²) < 4.78 is 10.5. The minimum atomic E-state index is -1.30. The van der Waals surface area contributed by atoms with E-state index in [0.717, 1.165) is 11.3 Å². The third-order valence-corrected chi connectivity index (χ3v) is 4.28. The minimum absolute atomic E-state index is 0.213. The van der Waals surface area contributed by atoms with Crippen molar-refractivity contribution in [3.63, 3.8) is 0 Å². The summed E-state index contributed by atoms with van der Waals surface area (Å²) in [4.78, 5) is 38.5. The van der Waals surface area contributed by atoms with E-state index in [-0.39, 0.29) is 23.5 Å². The molecule has 0 saturated heterocycles. The number of carbonyl (C=O) groups excluding carboxylic acids is 2. The van der Waals surface area contributed by atoms with Gasteiger partial charge in [-0.25, -0.2) is 9.78 Å². The minimum Gasteiger partial charge on any atom is -0.550 e. The molecule has 1 N–H and O–H groups in total. The second-order valence-electron chi connectivity index (χ2n) is 5.28. The molecule has 1 amide bonds. The maximum Gasteiger partial charge on any atom is 0.345 e. The molecule has 0 aliphatic carbocycles. The first kappa shape index (κ1) is 17.6. The Kier molecular flexibility index (Phi) is 4.99. The maximum atomic E-state index is 12.3. The van der Waals surface area contributed by atoms with Crippen molar-refractivity contribution in [3.05, 3.63) is 40.1 Å². The van der Waals surface area contributed by atoms with Gasteiger partial charge in [0.05, 0.1) is 18.4 Å². The maximum absolute atomic E-state index is 12.3. The van der Waals surface area contributed by atoms with Crippen LogP contribution < -0.4 is 20.8 Å². The highest BCUT2D eigenvalue weighted by atomic mass is 32.1. The van der Waals surface area contributed by atoms with Crippen LogP contribution in [0.1, 0.15) is 12.8 Å². The number of aliphatic carboxylic acids is 1. The number of fused-ring (bicyclic) bond motifs is 1. The Labute approximate surface area is 151 Å². The topological polar surface area (TPSA) is 122 Å². The predicted octanol–water partition coefficient (Wildman–Crippen LogP) is 1.39. The highest BCUT2D eigenvalue weighted by Gasteiger charge is 2.14. The normalized spacial score (nSPS) is 10.7. The molecule has 26 heavy (non-hydrogen) atoms. The average molecular weight is 373 g/mol. The molecule has 0 bridgehead atoms. The predicted molar refractivity (Wildman–Crippen MR) is 93.0 cm³/mol. The fraction of sp³-hybridized carbons (Fsp3) is 0.176. The Morgan fingerprint density at radius 3 is 2.88 bits per heavy atom. The Hall–Kier alpha value is -3.20. The van der Waals surface area contributed by atoms with Crippen molar-refractivity contribution < 1.29 is 23.8 Å². The monoisotopic (exact) mass is 373 g/mol. The van der Waals surface area contributed by atoms with Gasteiger partial charge in [-0.2, -0.15) is 0 Å². The standard InChI is InChI=1S/C17H14N2O6S/c1-24-12-4-2-3-9-7-10(16(23)25-15(9)12)11-8-26-17(18-11)19-13(20)5-6-14(21)22/h2-4,7-8H,5-6H2,1H3,(H,21,22)(H,18,19,20)/p-1. The largest absolute Gasteiger partial charge is 0.550 e. The van der Waals surface area contributed by atoms with Gasteiger partial charge < -0.3 is 24.4 Å². The number of carbonyl (C=O) groups is 2. The Morgan fingerprint density at radius 2 is 2.15 bits per heavy atom. The molecule has 0 aliphatic rings. The summed E-state index contributed by atoms with van der Waals surface area (Å²) in [7, 11) is 1.48. The van der Waals surface area contributed by atoms with Gasteiger partial charge >= 0.3 is 5.63 Å². The molecule has 9 heteroatoms. The third kappa shape index (κ3) is 3.72. The lowest BCUT2D eigenvalue weighted by atomic mass is 10.1. The number of aromatic nitrogens is 1. The molecule has 3 aromatic rings. The van der Waals surface area contributed by atoms with E-state index in [4.69, 9.17) is 9.15 Å². The number of amides is 1. The number of thiazole rings is 1.